The van der Waals surface area contributed by atoms with Gasteiger partial charge in [-0.25, -0.2) is 0 Å². The molecule has 0 saturated carbocycles. The third-order valence-electron chi connectivity index (χ3n) is 2.84. The zero-order valence-corrected chi connectivity index (χ0v) is 11.2. The average Bonchev–Trinajstić information content (AvgIpc) is 2.40. The van der Waals surface area contributed by atoms with Gasteiger partial charge in [-0.1, -0.05) is 23.2 Å². The maximum atomic E-state index is 11.3. The van der Waals surface area contributed by atoms with E-state index in [1.807, 2.05) is 12.1 Å². The molecule has 2 heterocycles. The second kappa shape index (κ2) is 4.68. The molecular weight excluding hydrogens is 283 g/mol. The molecule has 0 aliphatic heterocycles. The Morgan fingerprint density at radius 1 is 1.00 bits per heavy atom. The normalized spacial score (nSPS) is 10.8. The molecule has 0 aliphatic rings. The molecule has 0 fully saturated rings. The van der Waals surface area contributed by atoms with Gasteiger partial charge in [-0.15, -0.1) is 0 Å². The van der Waals surface area contributed by atoms with Crippen LogP contribution in [-0.4, -0.2) is 9.97 Å². The molecule has 0 bridgehead atoms. The van der Waals surface area contributed by atoms with Crippen molar-refractivity contribution in [3.8, 4) is 11.3 Å². The van der Waals surface area contributed by atoms with Crippen LogP contribution in [0.1, 0.15) is 0 Å². The smallest absolute Gasteiger partial charge is 0.248 e. The molecule has 0 amide bonds. The van der Waals surface area contributed by atoms with E-state index in [4.69, 9.17) is 23.2 Å². The lowest BCUT2D eigenvalue weighted by molar-refractivity contribution is 1.30. The minimum absolute atomic E-state index is 0.152. The minimum atomic E-state index is -0.152. The van der Waals surface area contributed by atoms with Gasteiger partial charge in [0.2, 0.25) is 5.56 Å². The monoisotopic (exact) mass is 290 g/mol. The van der Waals surface area contributed by atoms with E-state index in [-0.39, 0.29) is 5.56 Å². The first-order chi connectivity index (χ1) is 9.15. The third-order valence-corrected chi connectivity index (χ3v) is 3.47. The fourth-order valence-corrected chi connectivity index (χ4v) is 2.37. The molecule has 94 valence electrons. The number of nitrogens with one attached hydrogen (secondary N) is 1. The molecule has 0 radical (unpaired) electrons. The molecular formula is C14H8Cl2N2O. The Morgan fingerprint density at radius 3 is 2.58 bits per heavy atom. The number of hydrogen-bond acceptors (Lipinski definition) is 2. The second-order valence-corrected chi connectivity index (χ2v) is 4.89. The molecule has 0 atom stereocenters. The number of hydrogen-bond donors (Lipinski definition) is 1. The average molecular weight is 291 g/mol. The molecule has 0 saturated heterocycles. The van der Waals surface area contributed by atoms with Gasteiger partial charge in [0.1, 0.15) is 0 Å². The summed E-state index contributed by atoms with van der Waals surface area (Å²) in [6, 6.07) is 10.4. The molecule has 1 N–H and O–H groups in total. The Balaban J connectivity index is 2.25. The summed E-state index contributed by atoms with van der Waals surface area (Å²) in [4.78, 5) is 18.2. The van der Waals surface area contributed by atoms with Crippen molar-refractivity contribution in [2.24, 2.45) is 0 Å². The van der Waals surface area contributed by atoms with Crippen molar-refractivity contribution in [1.29, 1.82) is 0 Å². The maximum absolute atomic E-state index is 11.3. The van der Waals surface area contributed by atoms with E-state index < -0.39 is 0 Å². The summed E-state index contributed by atoms with van der Waals surface area (Å²) in [7, 11) is 0. The van der Waals surface area contributed by atoms with Gasteiger partial charge in [-0.2, -0.15) is 0 Å². The van der Waals surface area contributed by atoms with Crippen LogP contribution < -0.4 is 5.56 Å². The van der Waals surface area contributed by atoms with Crippen LogP contribution in [0.15, 0.2) is 47.4 Å². The number of rotatable bonds is 1. The molecule has 2 aromatic heterocycles. The van der Waals surface area contributed by atoms with Crippen LogP contribution in [0.25, 0.3) is 22.2 Å². The number of fused-ring (bicyclic) bond motifs is 1. The summed E-state index contributed by atoms with van der Waals surface area (Å²) in [5.41, 5.74) is 2.09. The first kappa shape index (κ1) is 12.2. The predicted molar refractivity (Wildman–Crippen MR) is 77.8 cm³/mol. The van der Waals surface area contributed by atoms with Crippen molar-refractivity contribution in [2.45, 2.75) is 0 Å². The molecule has 1 aromatic carbocycles. The van der Waals surface area contributed by atoms with E-state index in [1.165, 1.54) is 6.07 Å². The zero-order chi connectivity index (χ0) is 13.4. The lowest BCUT2D eigenvalue weighted by Crippen LogP contribution is -2.02. The summed E-state index contributed by atoms with van der Waals surface area (Å²) in [6.07, 6.45) is 1.57. The van der Waals surface area contributed by atoms with Crippen LogP contribution in [0, 0.1) is 0 Å². The van der Waals surface area contributed by atoms with Gasteiger partial charge in [0.15, 0.2) is 0 Å². The van der Waals surface area contributed by atoms with Crippen LogP contribution in [-0.2, 0) is 0 Å². The summed E-state index contributed by atoms with van der Waals surface area (Å²) in [5, 5.41) is 1.92. The first-order valence-corrected chi connectivity index (χ1v) is 6.34. The fraction of sp³-hybridized carbons (Fsp3) is 0. The number of pyridine rings is 2. The van der Waals surface area contributed by atoms with Crippen molar-refractivity contribution < 1.29 is 0 Å². The second-order valence-electron chi connectivity index (χ2n) is 4.07. The van der Waals surface area contributed by atoms with Crippen LogP contribution in [0.2, 0.25) is 10.0 Å². The number of H-pyrrole nitrogens is 1. The number of halogens is 2. The highest BCUT2D eigenvalue weighted by Gasteiger charge is 2.09. The van der Waals surface area contributed by atoms with Crippen LogP contribution in [0.5, 0.6) is 0 Å². The van der Waals surface area contributed by atoms with Crippen molar-refractivity contribution in [3.63, 3.8) is 0 Å². The molecule has 3 rings (SSSR count). The standard InChI is InChI=1S/C14H8Cl2N2O/c15-8-1-4-11(17-7-8)9-2-5-12-10(14(9)16)3-6-13(19)18-12/h1-7H,(H,18,19). The van der Waals surface area contributed by atoms with E-state index in [2.05, 4.69) is 9.97 Å². The molecule has 0 spiro atoms. The highest BCUT2D eigenvalue weighted by molar-refractivity contribution is 6.38. The van der Waals surface area contributed by atoms with Gasteiger partial charge >= 0.3 is 0 Å². The zero-order valence-electron chi connectivity index (χ0n) is 9.65. The Kier molecular flexibility index (Phi) is 3.01. The largest absolute Gasteiger partial charge is 0.322 e. The molecule has 3 nitrogen and oxygen atoms in total. The minimum Gasteiger partial charge on any atom is -0.322 e. The summed E-state index contributed by atoms with van der Waals surface area (Å²) >= 11 is 12.2. The quantitative estimate of drug-likeness (QED) is 0.739. The number of aromatic nitrogens is 2. The van der Waals surface area contributed by atoms with E-state index in [9.17, 15) is 4.79 Å². The Labute approximate surface area is 118 Å². The molecule has 19 heavy (non-hydrogen) atoms. The Bertz CT molecular complexity index is 810. The van der Waals surface area contributed by atoms with Crippen molar-refractivity contribution in [3.05, 3.63) is 63.0 Å². The van der Waals surface area contributed by atoms with E-state index in [1.54, 1.807) is 24.4 Å². The highest BCUT2D eigenvalue weighted by atomic mass is 35.5. The number of benzene rings is 1. The van der Waals surface area contributed by atoms with Crippen LogP contribution in [0.4, 0.5) is 0 Å². The van der Waals surface area contributed by atoms with Gasteiger partial charge in [-0.3, -0.25) is 9.78 Å². The van der Waals surface area contributed by atoms with E-state index >= 15 is 0 Å². The van der Waals surface area contributed by atoms with Gasteiger partial charge < -0.3 is 4.98 Å². The van der Waals surface area contributed by atoms with Crippen molar-refractivity contribution in [2.75, 3.05) is 0 Å². The molecule has 3 aromatic rings. The van der Waals surface area contributed by atoms with Crippen molar-refractivity contribution in [1.82, 2.24) is 9.97 Å². The van der Waals surface area contributed by atoms with Crippen LogP contribution >= 0.6 is 23.2 Å². The Morgan fingerprint density at radius 2 is 1.84 bits per heavy atom. The Hall–Kier alpha value is -1.84. The fourth-order valence-electron chi connectivity index (χ4n) is 1.93. The SMILES string of the molecule is O=c1ccc2c(Cl)c(-c3ccc(Cl)cn3)ccc2[nH]1. The van der Waals surface area contributed by atoms with Gasteiger partial charge in [0, 0.05) is 28.7 Å². The molecule has 0 aliphatic carbocycles. The summed E-state index contributed by atoms with van der Waals surface area (Å²) < 4.78 is 0. The third kappa shape index (κ3) is 2.23. The molecule has 0 unspecified atom stereocenters. The topological polar surface area (TPSA) is 45.8 Å². The van der Waals surface area contributed by atoms with E-state index in [0.29, 0.717) is 15.6 Å². The van der Waals surface area contributed by atoms with Gasteiger partial charge in [0.05, 0.1) is 15.7 Å². The lowest BCUT2D eigenvalue weighted by Gasteiger charge is -2.07. The first-order valence-electron chi connectivity index (χ1n) is 5.58. The lowest BCUT2D eigenvalue weighted by atomic mass is 10.1. The van der Waals surface area contributed by atoms with Crippen molar-refractivity contribution >= 4 is 34.1 Å². The number of nitrogens with zero attached hydrogens (tertiary/aromatic N) is 1. The van der Waals surface area contributed by atoms with E-state index in [0.717, 1.165) is 16.6 Å². The predicted octanol–water partition coefficient (Wildman–Crippen LogP) is 3.90. The number of aromatic amines is 1. The highest BCUT2D eigenvalue weighted by Crippen LogP contribution is 2.32. The van der Waals surface area contributed by atoms with Gasteiger partial charge in [0.25, 0.3) is 0 Å². The maximum Gasteiger partial charge on any atom is 0.248 e. The van der Waals surface area contributed by atoms with Crippen LogP contribution in [0.3, 0.4) is 0 Å². The summed E-state index contributed by atoms with van der Waals surface area (Å²) in [6.45, 7) is 0. The van der Waals surface area contributed by atoms with Gasteiger partial charge in [-0.05, 0) is 30.3 Å². The summed E-state index contributed by atoms with van der Waals surface area (Å²) in [5.74, 6) is 0. The molecule has 5 heteroatoms.